The maximum atomic E-state index is 12.1. The summed E-state index contributed by atoms with van der Waals surface area (Å²) in [6.45, 7) is 9.78. The summed E-state index contributed by atoms with van der Waals surface area (Å²) < 4.78 is 25.8. The number of nitrogens with one attached hydrogen (secondary N) is 1. The van der Waals surface area contributed by atoms with Crippen LogP contribution in [-0.4, -0.2) is 44.2 Å². The third-order valence-corrected chi connectivity index (χ3v) is 4.62. The van der Waals surface area contributed by atoms with E-state index in [1.54, 1.807) is 4.31 Å². The number of rotatable bonds is 7. The SMILES string of the molecule is C=CCS(=O)(=O)N(CC(C)C)CC1CCCN1. The molecule has 1 unspecified atom stereocenters. The summed E-state index contributed by atoms with van der Waals surface area (Å²) in [7, 11) is -3.18. The Labute approximate surface area is 105 Å². The van der Waals surface area contributed by atoms with Gasteiger partial charge in [0.2, 0.25) is 10.0 Å². The lowest BCUT2D eigenvalue weighted by molar-refractivity contribution is 0.337. The van der Waals surface area contributed by atoms with E-state index in [1.807, 2.05) is 13.8 Å². The van der Waals surface area contributed by atoms with Gasteiger partial charge < -0.3 is 5.32 Å². The van der Waals surface area contributed by atoms with Crippen LogP contribution in [0.5, 0.6) is 0 Å². The van der Waals surface area contributed by atoms with Gasteiger partial charge in [0.05, 0.1) is 5.75 Å². The monoisotopic (exact) mass is 260 g/mol. The summed E-state index contributed by atoms with van der Waals surface area (Å²) in [4.78, 5) is 0. The van der Waals surface area contributed by atoms with Crippen molar-refractivity contribution in [3.05, 3.63) is 12.7 Å². The largest absolute Gasteiger partial charge is 0.313 e. The van der Waals surface area contributed by atoms with Crippen LogP contribution < -0.4 is 5.32 Å². The van der Waals surface area contributed by atoms with Gasteiger partial charge in [-0.1, -0.05) is 19.9 Å². The third kappa shape index (κ3) is 4.77. The van der Waals surface area contributed by atoms with Crippen LogP contribution in [0.25, 0.3) is 0 Å². The Kier molecular flexibility index (Phi) is 5.62. The molecule has 1 saturated heterocycles. The van der Waals surface area contributed by atoms with E-state index in [0.29, 0.717) is 25.0 Å². The smallest absolute Gasteiger partial charge is 0.217 e. The molecule has 0 spiro atoms. The molecule has 0 aliphatic carbocycles. The minimum Gasteiger partial charge on any atom is -0.313 e. The van der Waals surface area contributed by atoms with Gasteiger partial charge in [-0.3, -0.25) is 0 Å². The molecule has 1 aliphatic heterocycles. The van der Waals surface area contributed by atoms with E-state index >= 15 is 0 Å². The fourth-order valence-electron chi connectivity index (χ4n) is 2.12. The minimum absolute atomic E-state index is 0.0342. The molecule has 1 aliphatic rings. The molecular weight excluding hydrogens is 236 g/mol. The lowest BCUT2D eigenvalue weighted by Crippen LogP contribution is -2.43. The maximum absolute atomic E-state index is 12.1. The van der Waals surface area contributed by atoms with Gasteiger partial charge in [0, 0.05) is 19.1 Å². The topological polar surface area (TPSA) is 49.4 Å². The van der Waals surface area contributed by atoms with Crippen LogP contribution in [0.4, 0.5) is 0 Å². The molecule has 1 heterocycles. The fraction of sp³-hybridized carbons (Fsp3) is 0.833. The molecule has 4 nitrogen and oxygen atoms in total. The van der Waals surface area contributed by atoms with Crippen LogP contribution in [0.15, 0.2) is 12.7 Å². The average molecular weight is 260 g/mol. The van der Waals surface area contributed by atoms with Gasteiger partial charge in [0.25, 0.3) is 0 Å². The Morgan fingerprint density at radius 1 is 1.53 bits per heavy atom. The molecule has 0 aromatic carbocycles. The van der Waals surface area contributed by atoms with E-state index in [4.69, 9.17) is 0 Å². The zero-order valence-electron chi connectivity index (χ0n) is 10.9. The Balaban J connectivity index is 2.68. The first-order valence-corrected chi connectivity index (χ1v) is 7.88. The van der Waals surface area contributed by atoms with E-state index in [9.17, 15) is 8.42 Å². The Morgan fingerprint density at radius 3 is 2.71 bits per heavy atom. The number of hydrogen-bond donors (Lipinski definition) is 1. The molecule has 5 heteroatoms. The van der Waals surface area contributed by atoms with E-state index in [-0.39, 0.29) is 5.75 Å². The van der Waals surface area contributed by atoms with Crippen molar-refractivity contribution in [1.82, 2.24) is 9.62 Å². The van der Waals surface area contributed by atoms with Crippen molar-refractivity contribution in [3.8, 4) is 0 Å². The molecule has 1 fully saturated rings. The van der Waals surface area contributed by atoms with E-state index < -0.39 is 10.0 Å². The standard InChI is InChI=1S/C12H24N2O2S/c1-4-8-17(15,16)14(9-11(2)3)10-12-6-5-7-13-12/h4,11-13H,1,5-10H2,2-3H3. The Morgan fingerprint density at radius 2 is 2.24 bits per heavy atom. The second-order valence-electron chi connectivity index (χ2n) is 5.07. The molecule has 100 valence electrons. The van der Waals surface area contributed by atoms with Crippen LogP contribution in [-0.2, 0) is 10.0 Å². The molecule has 1 atom stereocenters. The lowest BCUT2D eigenvalue weighted by Gasteiger charge is -2.26. The average Bonchev–Trinajstić information content (AvgIpc) is 2.68. The predicted octanol–water partition coefficient (Wildman–Crippen LogP) is 1.21. The normalized spacial score (nSPS) is 21.3. The predicted molar refractivity (Wildman–Crippen MR) is 71.4 cm³/mol. The summed E-state index contributed by atoms with van der Waals surface area (Å²) in [5.41, 5.74) is 0. The molecule has 0 saturated carbocycles. The molecule has 0 bridgehead atoms. The van der Waals surface area contributed by atoms with Gasteiger partial charge in [-0.25, -0.2) is 8.42 Å². The second-order valence-corrected chi connectivity index (χ2v) is 7.08. The third-order valence-electron chi connectivity index (χ3n) is 2.88. The molecule has 17 heavy (non-hydrogen) atoms. The zero-order chi connectivity index (χ0) is 12.9. The first-order chi connectivity index (χ1) is 7.95. The van der Waals surface area contributed by atoms with E-state index in [0.717, 1.165) is 19.4 Å². The first kappa shape index (κ1) is 14.7. The molecule has 0 aromatic rings. The highest BCUT2D eigenvalue weighted by atomic mass is 32.2. The number of nitrogens with zero attached hydrogens (tertiary/aromatic N) is 1. The first-order valence-electron chi connectivity index (χ1n) is 6.28. The number of hydrogen-bond acceptors (Lipinski definition) is 3. The van der Waals surface area contributed by atoms with Crippen molar-refractivity contribution in [1.29, 1.82) is 0 Å². The van der Waals surface area contributed by atoms with Gasteiger partial charge in [0.1, 0.15) is 0 Å². The summed E-state index contributed by atoms with van der Waals surface area (Å²) in [6, 6.07) is 0.313. The quantitative estimate of drug-likeness (QED) is 0.700. The van der Waals surface area contributed by atoms with E-state index in [2.05, 4.69) is 11.9 Å². The van der Waals surface area contributed by atoms with Crippen LogP contribution in [0.2, 0.25) is 0 Å². The lowest BCUT2D eigenvalue weighted by atomic mass is 10.2. The fourth-order valence-corrected chi connectivity index (χ4v) is 3.56. The van der Waals surface area contributed by atoms with Crippen LogP contribution in [0.1, 0.15) is 26.7 Å². The molecule has 1 N–H and O–H groups in total. The highest BCUT2D eigenvalue weighted by molar-refractivity contribution is 7.89. The molecular formula is C12H24N2O2S. The molecule has 0 amide bonds. The van der Waals surface area contributed by atoms with Gasteiger partial charge in [-0.2, -0.15) is 4.31 Å². The summed E-state index contributed by atoms with van der Waals surface area (Å²) >= 11 is 0. The summed E-state index contributed by atoms with van der Waals surface area (Å²) in [6.07, 6.45) is 3.67. The minimum atomic E-state index is -3.18. The summed E-state index contributed by atoms with van der Waals surface area (Å²) in [5, 5.41) is 3.34. The molecule has 0 aromatic heterocycles. The van der Waals surface area contributed by atoms with E-state index in [1.165, 1.54) is 6.08 Å². The molecule has 0 radical (unpaired) electrons. The van der Waals surface area contributed by atoms with Crippen molar-refractivity contribution in [3.63, 3.8) is 0 Å². The van der Waals surface area contributed by atoms with Gasteiger partial charge in [-0.05, 0) is 25.3 Å². The van der Waals surface area contributed by atoms with Crippen molar-refractivity contribution in [2.75, 3.05) is 25.4 Å². The second kappa shape index (κ2) is 6.52. The molecule has 1 rings (SSSR count). The highest BCUT2D eigenvalue weighted by Crippen LogP contribution is 2.12. The maximum Gasteiger partial charge on any atom is 0.217 e. The Bertz CT molecular complexity index is 332. The number of sulfonamides is 1. The van der Waals surface area contributed by atoms with Crippen molar-refractivity contribution < 1.29 is 8.42 Å². The van der Waals surface area contributed by atoms with Crippen molar-refractivity contribution >= 4 is 10.0 Å². The highest BCUT2D eigenvalue weighted by Gasteiger charge is 2.26. The van der Waals surface area contributed by atoms with Crippen LogP contribution in [0.3, 0.4) is 0 Å². The van der Waals surface area contributed by atoms with Crippen molar-refractivity contribution in [2.24, 2.45) is 5.92 Å². The Hall–Kier alpha value is -0.390. The van der Waals surface area contributed by atoms with Gasteiger partial charge >= 0.3 is 0 Å². The van der Waals surface area contributed by atoms with Crippen LogP contribution in [0, 0.1) is 5.92 Å². The summed E-state index contributed by atoms with van der Waals surface area (Å²) in [5.74, 6) is 0.378. The zero-order valence-corrected chi connectivity index (χ0v) is 11.7. The van der Waals surface area contributed by atoms with Gasteiger partial charge in [0.15, 0.2) is 0 Å². The van der Waals surface area contributed by atoms with Gasteiger partial charge in [-0.15, -0.1) is 6.58 Å². The van der Waals surface area contributed by atoms with Crippen molar-refractivity contribution in [2.45, 2.75) is 32.7 Å². The van der Waals surface area contributed by atoms with Crippen LogP contribution >= 0.6 is 0 Å².